The third kappa shape index (κ3) is 2.48. The number of nitrogens with zero attached hydrogens (tertiary/aromatic N) is 2. The number of benzene rings is 2. The first kappa shape index (κ1) is 12.6. The molecular weight excluding hydrogens is 248 g/mol. The lowest BCUT2D eigenvalue weighted by molar-refractivity contribution is 0.363. The fourth-order valence-corrected chi connectivity index (χ4v) is 2.32. The van der Waals surface area contributed by atoms with Crippen molar-refractivity contribution in [1.82, 2.24) is 10.1 Å². The van der Waals surface area contributed by atoms with Crippen LogP contribution in [0.3, 0.4) is 0 Å². The maximum Gasteiger partial charge on any atom is 0.234 e. The second-order valence-corrected chi connectivity index (χ2v) is 4.69. The molecule has 0 spiro atoms. The Morgan fingerprint density at radius 1 is 0.950 bits per heavy atom. The van der Waals surface area contributed by atoms with Crippen molar-refractivity contribution in [3.8, 4) is 11.4 Å². The van der Waals surface area contributed by atoms with Gasteiger partial charge in [-0.2, -0.15) is 4.98 Å². The second-order valence-electron chi connectivity index (χ2n) is 4.69. The highest BCUT2D eigenvalue weighted by Gasteiger charge is 2.19. The molecule has 0 N–H and O–H groups in total. The zero-order valence-corrected chi connectivity index (χ0v) is 11.4. The Bertz CT molecular complexity index is 662. The number of hydrogen-bond acceptors (Lipinski definition) is 3. The van der Waals surface area contributed by atoms with Crippen molar-refractivity contribution in [3.05, 3.63) is 72.1 Å². The summed E-state index contributed by atoms with van der Waals surface area (Å²) in [5, 5.41) is 4.09. The van der Waals surface area contributed by atoms with Crippen LogP contribution in [-0.2, 0) is 0 Å². The highest BCUT2D eigenvalue weighted by atomic mass is 16.5. The van der Waals surface area contributed by atoms with E-state index in [1.165, 1.54) is 5.56 Å². The minimum Gasteiger partial charge on any atom is -0.338 e. The first-order valence-corrected chi connectivity index (χ1v) is 6.82. The number of rotatable bonds is 4. The van der Waals surface area contributed by atoms with Gasteiger partial charge in [-0.1, -0.05) is 72.7 Å². The summed E-state index contributed by atoms with van der Waals surface area (Å²) in [5.74, 6) is 1.48. The van der Waals surface area contributed by atoms with Gasteiger partial charge in [0.05, 0.1) is 5.92 Å². The van der Waals surface area contributed by atoms with E-state index in [9.17, 15) is 0 Å². The molecule has 0 saturated carbocycles. The lowest BCUT2D eigenvalue weighted by Gasteiger charge is -2.09. The summed E-state index contributed by atoms with van der Waals surface area (Å²) in [6.07, 6.45) is 0.931. The zero-order chi connectivity index (χ0) is 13.8. The van der Waals surface area contributed by atoms with Crippen molar-refractivity contribution in [2.24, 2.45) is 0 Å². The first-order valence-electron chi connectivity index (χ1n) is 6.82. The molecular formula is C17H16N2O. The van der Waals surface area contributed by atoms with Crippen LogP contribution >= 0.6 is 0 Å². The van der Waals surface area contributed by atoms with Crippen LogP contribution in [0.1, 0.15) is 30.7 Å². The van der Waals surface area contributed by atoms with Crippen LogP contribution in [0, 0.1) is 0 Å². The molecule has 0 amide bonds. The summed E-state index contributed by atoms with van der Waals surface area (Å²) in [5.41, 5.74) is 2.18. The van der Waals surface area contributed by atoms with Crippen LogP contribution in [0.15, 0.2) is 65.2 Å². The molecule has 0 aliphatic carbocycles. The average Bonchev–Trinajstić information content (AvgIpc) is 3.00. The molecule has 0 radical (unpaired) electrons. The summed E-state index contributed by atoms with van der Waals surface area (Å²) in [6.45, 7) is 2.13. The Morgan fingerprint density at radius 3 is 2.25 bits per heavy atom. The Kier molecular flexibility index (Phi) is 3.59. The maximum absolute atomic E-state index is 5.47. The van der Waals surface area contributed by atoms with Gasteiger partial charge in [-0.3, -0.25) is 0 Å². The van der Waals surface area contributed by atoms with Crippen LogP contribution in [-0.4, -0.2) is 10.1 Å². The summed E-state index contributed by atoms with van der Waals surface area (Å²) in [6, 6.07) is 20.2. The number of aromatic nitrogens is 2. The quantitative estimate of drug-likeness (QED) is 0.706. The van der Waals surface area contributed by atoms with Gasteiger partial charge in [0.15, 0.2) is 0 Å². The lowest BCUT2D eigenvalue weighted by atomic mass is 9.96. The summed E-state index contributed by atoms with van der Waals surface area (Å²) >= 11 is 0. The van der Waals surface area contributed by atoms with Gasteiger partial charge in [-0.25, -0.2) is 0 Å². The van der Waals surface area contributed by atoms with Gasteiger partial charge in [-0.15, -0.1) is 0 Å². The van der Waals surface area contributed by atoms with Gasteiger partial charge in [0.25, 0.3) is 0 Å². The van der Waals surface area contributed by atoms with Crippen molar-refractivity contribution in [1.29, 1.82) is 0 Å². The molecule has 0 unspecified atom stereocenters. The Labute approximate surface area is 118 Å². The van der Waals surface area contributed by atoms with E-state index in [1.54, 1.807) is 0 Å². The Morgan fingerprint density at radius 2 is 1.60 bits per heavy atom. The molecule has 3 nitrogen and oxygen atoms in total. The molecule has 3 aromatic rings. The van der Waals surface area contributed by atoms with Crippen molar-refractivity contribution in [3.63, 3.8) is 0 Å². The summed E-state index contributed by atoms with van der Waals surface area (Å²) in [7, 11) is 0. The standard InChI is InChI=1S/C17H16N2O/c1-2-15(13-9-5-3-6-10-13)17-18-16(19-20-17)14-11-7-4-8-12-14/h3-12,15H,2H2,1H3/t15-/m1/s1. The monoisotopic (exact) mass is 264 g/mol. The average molecular weight is 264 g/mol. The molecule has 1 atom stereocenters. The van der Waals surface area contributed by atoms with Crippen LogP contribution < -0.4 is 0 Å². The molecule has 1 heterocycles. The Balaban J connectivity index is 1.93. The van der Waals surface area contributed by atoms with Crippen molar-refractivity contribution < 1.29 is 4.52 Å². The fraction of sp³-hybridized carbons (Fsp3) is 0.176. The first-order chi connectivity index (χ1) is 9.88. The predicted octanol–water partition coefficient (Wildman–Crippen LogP) is 4.28. The normalized spacial score (nSPS) is 12.2. The predicted molar refractivity (Wildman–Crippen MR) is 78.3 cm³/mol. The Hall–Kier alpha value is -2.42. The molecule has 3 rings (SSSR count). The molecule has 0 aliphatic heterocycles. The fourth-order valence-electron chi connectivity index (χ4n) is 2.32. The third-order valence-electron chi connectivity index (χ3n) is 3.38. The van der Waals surface area contributed by atoms with Crippen molar-refractivity contribution in [2.75, 3.05) is 0 Å². The summed E-state index contributed by atoms with van der Waals surface area (Å²) in [4.78, 5) is 4.55. The highest BCUT2D eigenvalue weighted by molar-refractivity contribution is 5.53. The maximum atomic E-state index is 5.47. The third-order valence-corrected chi connectivity index (χ3v) is 3.38. The van der Waals surface area contributed by atoms with Gasteiger partial charge < -0.3 is 4.52 Å². The lowest BCUT2D eigenvalue weighted by Crippen LogP contribution is -1.99. The topological polar surface area (TPSA) is 38.9 Å². The second kappa shape index (κ2) is 5.70. The van der Waals surface area contributed by atoms with Crippen molar-refractivity contribution in [2.45, 2.75) is 19.3 Å². The molecule has 2 aromatic carbocycles. The minimum absolute atomic E-state index is 0.154. The van der Waals surface area contributed by atoms with E-state index in [4.69, 9.17) is 4.52 Å². The molecule has 0 fully saturated rings. The molecule has 1 aromatic heterocycles. The molecule has 0 aliphatic rings. The van der Waals surface area contributed by atoms with E-state index >= 15 is 0 Å². The molecule has 0 saturated heterocycles. The van der Waals surface area contributed by atoms with Gasteiger partial charge in [0, 0.05) is 5.56 Å². The number of hydrogen-bond donors (Lipinski definition) is 0. The van der Waals surface area contributed by atoms with E-state index in [1.807, 2.05) is 48.5 Å². The van der Waals surface area contributed by atoms with Crippen LogP contribution in [0.25, 0.3) is 11.4 Å². The highest BCUT2D eigenvalue weighted by Crippen LogP contribution is 2.27. The van der Waals surface area contributed by atoms with Gasteiger partial charge in [0.1, 0.15) is 0 Å². The SMILES string of the molecule is CC[C@H](c1ccccc1)c1nc(-c2ccccc2)no1. The largest absolute Gasteiger partial charge is 0.338 e. The molecule has 3 heteroatoms. The van der Waals surface area contributed by atoms with E-state index in [0.29, 0.717) is 11.7 Å². The smallest absolute Gasteiger partial charge is 0.234 e. The molecule has 20 heavy (non-hydrogen) atoms. The molecule has 0 bridgehead atoms. The molecule has 100 valence electrons. The van der Waals surface area contributed by atoms with Gasteiger partial charge in [0.2, 0.25) is 11.7 Å². The van der Waals surface area contributed by atoms with E-state index in [2.05, 4.69) is 29.2 Å². The van der Waals surface area contributed by atoms with E-state index < -0.39 is 0 Å². The summed E-state index contributed by atoms with van der Waals surface area (Å²) < 4.78 is 5.47. The minimum atomic E-state index is 0.154. The van der Waals surface area contributed by atoms with Crippen LogP contribution in [0.5, 0.6) is 0 Å². The van der Waals surface area contributed by atoms with E-state index in [-0.39, 0.29) is 5.92 Å². The van der Waals surface area contributed by atoms with Crippen LogP contribution in [0.4, 0.5) is 0 Å². The zero-order valence-electron chi connectivity index (χ0n) is 11.4. The van der Waals surface area contributed by atoms with Crippen molar-refractivity contribution >= 4 is 0 Å². The van der Waals surface area contributed by atoms with E-state index in [0.717, 1.165) is 12.0 Å². The van der Waals surface area contributed by atoms with Crippen LogP contribution in [0.2, 0.25) is 0 Å². The van der Waals surface area contributed by atoms with Gasteiger partial charge in [-0.05, 0) is 12.0 Å². The van der Waals surface area contributed by atoms with Gasteiger partial charge >= 0.3 is 0 Å².